The number of rotatable bonds is 14. The molecule has 0 spiro atoms. The summed E-state index contributed by atoms with van der Waals surface area (Å²) in [6.45, 7) is 4.05. The molecule has 9 N–H and O–H groups in total. The Balaban J connectivity index is 2.19. The van der Waals surface area contributed by atoms with Gasteiger partial charge in [0.15, 0.2) is 0 Å². The Morgan fingerprint density at radius 3 is 2.33 bits per heavy atom. The minimum Gasteiger partial charge on any atom is -0.480 e. The number of carbonyl (C=O) groups is 7. The van der Waals surface area contributed by atoms with Gasteiger partial charge in [-0.05, 0) is 32.1 Å². The van der Waals surface area contributed by atoms with Gasteiger partial charge in [-0.15, -0.1) is 0 Å². The molecule has 2 aliphatic rings. The molecule has 0 aromatic heterocycles. The molecular formula is C24H38N8O10. The normalized spacial score (nSPS) is 21.5. The second kappa shape index (κ2) is 14.6. The van der Waals surface area contributed by atoms with Crippen molar-refractivity contribution in [1.82, 2.24) is 25.7 Å². The largest absolute Gasteiger partial charge is 0.480 e. The van der Waals surface area contributed by atoms with Crippen LogP contribution in [0.25, 0.3) is 0 Å². The van der Waals surface area contributed by atoms with Crippen LogP contribution in [0.5, 0.6) is 0 Å². The molecule has 18 nitrogen and oxygen atoms in total. The Labute approximate surface area is 241 Å². The highest BCUT2D eigenvalue weighted by Gasteiger charge is 2.54. The van der Waals surface area contributed by atoms with Crippen LogP contribution in [0.4, 0.5) is 0 Å². The average Bonchev–Trinajstić information content (AvgIpc) is 3.41. The summed E-state index contributed by atoms with van der Waals surface area (Å²) in [5.41, 5.74) is 13.1. The predicted molar refractivity (Wildman–Crippen MR) is 142 cm³/mol. The van der Waals surface area contributed by atoms with Crippen molar-refractivity contribution in [2.45, 2.75) is 82.8 Å². The molecule has 0 bridgehead atoms. The van der Waals surface area contributed by atoms with Gasteiger partial charge in [-0.3, -0.25) is 28.8 Å². The van der Waals surface area contributed by atoms with Crippen molar-refractivity contribution in [3.8, 4) is 0 Å². The summed E-state index contributed by atoms with van der Waals surface area (Å²) in [4.78, 5) is 88.1. The third-order valence-corrected chi connectivity index (χ3v) is 6.74. The number of primary amides is 1. The lowest BCUT2D eigenvalue weighted by atomic mass is 9.97. The molecule has 6 atom stereocenters. The molecule has 0 aliphatic carbocycles. The van der Waals surface area contributed by atoms with Crippen molar-refractivity contribution >= 4 is 47.6 Å². The van der Waals surface area contributed by atoms with Gasteiger partial charge in [0.05, 0.1) is 19.1 Å². The fraction of sp³-hybridized carbons (Fsp3) is 0.667. The second-order valence-corrected chi connectivity index (χ2v) is 10.5. The molecule has 2 fully saturated rings. The number of nitrogens with one attached hydrogen (secondary N) is 2. The summed E-state index contributed by atoms with van der Waals surface area (Å²) in [5, 5.41) is 35.4. The monoisotopic (exact) mass is 598 g/mol. The predicted octanol–water partition coefficient (Wildman–Crippen LogP) is -4.41. The van der Waals surface area contributed by atoms with Gasteiger partial charge in [-0.2, -0.15) is 5.10 Å². The highest BCUT2D eigenvalue weighted by Crippen LogP contribution is 2.30. The van der Waals surface area contributed by atoms with Gasteiger partial charge in [0, 0.05) is 6.54 Å². The number of amides is 6. The van der Waals surface area contributed by atoms with Crippen LogP contribution in [0.1, 0.15) is 46.5 Å². The number of hydrazone groups is 1. The van der Waals surface area contributed by atoms with Crippen molar-refractivity contribution in [2.24, 2.45) is 22.5 Å². The summed E-state index contributed by atoms with van der Waals surface area (Å²) in [6, 6.07) is -6.69. The smallest absolute Gasteiger partial charge is 0.328 e. The maximum atomic E-state index is 13.2. The fourth-order valence-corrected chi connectivity index (χ4v) is 4.57. The Morgan fingerprint density at radius 1 is 1.17 bits per heavy atom. The van der Waals surface area contributed by atoms with Gasteiger partial charge in [0.2, 0.25) is 11.8 Å². The lowest BCUT2D eigenvalue weighted by molar-refractivity contribution is -0.212. The number of nitrogens with two attached hydrogens (primary N) is 2. The molecule has 0 aromatic carbocycles. The highest BCUT2D eigenvalue weighted by atomic mass is 16.4. The molecule has 6 amide bonds. The highest BCUT2D eigenvalue weighted by molar-refractivity contribution is 6.27. The first-order valence-corrected chi connectivity index (χ1v) is 13.3. The summed E-state index contributed by atoms with van der Waals surface area (Å²) >= 11 is 0. The third-order valence-electron chi connectivity index (χ3n) is 6.74. The molecule has 0 radical (unpaired) electrons. The van der Waals surface area contributed by atoms with Gasteiger partial charge in [-0.1, -0.05) is 13.8 Å². The minimum atomic E-state index is -1.55. The number of likely N-dealkylation sites (tertiary alicyclic amines) is 1. The van der Waals surface area contributed by atoms with Crippen LogP contribution in [0.15, 0.2) is 5.10 Å². The van der Waals surface area contributed by atoms with Crippen molar-refractivity contribution in [3.05, 3.63) is 0 Å². The Hall–Kier alpha value is -4.16. The van der Waals surface area contributed by atoms with E-state index < -0.39 is 90.8 Å². The van der Waals surface area contributed by atoms with E-state index >= 15 is 0 Å². The second-order valence-electron chi connectivity index (χ2n) is 10.5. The van der Waals surface area contributed by atoms with Crippen LogP contribution >= 0.6 is 0 Å². The van der Waals surface area contributed by atoms with E-state index in [2.05, 4.69) is 15.8 Å². The number of aliphatic hydroxyl groups is 2. The molecule has 234 valence electrons. The van der Waals surface area contributed by atoms with Crippen LogP contribution in [0.3, 0.4) is 0 Å². The lowest BCUT2D eigenvalue weighted by Gasteiger charge is -2.53. The van der Waals surface area contributed by atoms with E-state index in [1.807, 2.05) is 0 Å². The van der Waals surface area contributed by atoms with E-state index in [0.29, 0.717) is 6.42 Å². The van der Waals surface area contributed by atoms with E-state index in [9.17, 15) is 38.7 Å². The van der Waals surface area contributed by atoms with Gasteiger partial charge < -0.3 is 37.0 Å². The molecule has 42 heavy (non-hydrogen) atoms. The van der Waals surface area contributed by atoms with Crippen LogP contribution in [0, 0.1) is 5.92 Å². The molecular weight excluding hydrogens is 560 g/mol. The Kier molecular flexibility index (Phi) is 11.9. The van der Waals surface area contributed by atoms with Gasteiger partial charge >= 0.3 is 5.97 Å². The zero-order chi connectivity index (χ0) is 31.9. The van der Waals surface area contributed by atoms with Gasteiger partial charge in [-0.25, -0.2) is 20.2 Å². The molecule has 0 saturated carbocycles. The summed E-state index contributed by atoms with van der Waals surface area (Å²) in [7, 11) is 0. The number of carboxylic acid groups (broad SMARTS) is 1. The Morgan fingerprint density at radius 2 is 1.81 bits per heavy atom. The van der Waals surface area contributed by atoms with E-state index in [4.69, 9.17) is 21.7 Å². The van der Waals surface area contributed by atoms with E-state index in [1.165, 1.54) is 6.92 Å². The van der Waals surface area contributed by atoms with E-state index in [0.717, 1.165) is 21.1 Å². The van der Waals surface area contributed by atoms with Crippen molar-refractivity contribution in [3.63, 3.8) is 0 Å². The fourth-order valence-electron chi connectivity index (χ4n) is 4.57. The van der Waals surface area contributed by atoms with Crippen LogP contribution in [-0.4, -0.2) is 127 Å². The van der Waals surface area contributed by atoms with E-state index in [-0.39, 0.29) is 25.3 Å². The summed E-state index contributed by atoms with van der Waals surface area (Å²) in [6.07, 6.45) is -0.425. The number of aliphatic carboxylic acids is 1. The first kappa shape index (κ1) is 34.0. The van der Waals surface area contributed by atoms with Gasteiger partial charge in [0.25, 0.3) is 23.6 Å². The molecule has 0 aromatic rings. The lowest BCUT2D eigenvalue weighted by Crippen LogP contribution is -2.77. The first-order valence-electron chi connectivity index (χ1n) is 13.3. The van der Waals surface area contributed by atoms with Crippen LogP contribution in [0.2, 0.25) is 0 Å². The first-order chi connectivity index (χ1) is 19.6. The number of aliphatic hydroxyl groups excluding tert-OH is 2. The zero-order valence-electron chi connectivity index (χ0n) is 23.5. The molecule has 2 heterocycles. The number of carbonyl (C=O) groups excluding carboxylic acids is 6. The summed E-state index contributed by atoms with van der Waals surface area (Å²) in [5.74, 6) is -6.62. The number of hydrogen-bond acceptors (Lipinski definition) is 11. The number of hydrogen-bond donors (Lipinski definition) is 7. The van der Waals surface area contributed by atoms with E-state index in [1.54, 1.807) is 13.8 Å². The average molecular weight is 599 g/mol. The molecule has 18 heteroatoms. The Bertz CT molecular complexity index is 1110. The van der Waals surface area contributed by atoms with Crippen molar-refractivity contribution in [1.29, 1.82) is 0 Å². The molecule has 2 saturated heterocycles. The summed E-state index contributed by atoms with van der Waals surface area (Å²) < 4.78 is 0. The topological polar surface area (TPSA) is 278 Å². The van der Waals surface area contributed by atoms with Crippen LogP contribution < -0.4 is 22.2 Å². The maximum Gasteiger partial charge on any atom is 0.328 e. The zero-order valence-corrected chi connectivity index (χ0v) is 23.5. The molecule has 0 unspecified atom stereocenters. The third kappa shape index (κ3) is 7.98. The van der Waals surface area contributed by atoms with Gasteiger partial charge in [0.1, 0.15) is 36.4 Å². The quantitative estimate of drug-likeness (QED) is 0.0740. The van der Waals surface area contributed by atoms with Crippen molar-refractivity contribution in [2.75, 3.05) is 13.2 Å². The SMILES string of the molecule is CC(C)C[C@@H](C(=O)N/N=C/C(=O)N1CCC[C@H]1C(=O)N[C@@H](CO)C(=O)O)N1C(=O)[C@H](CC(N)=O)N1C(=O)[C@@H](N)[C@H](C)O. The molecule has 2 rings (SSSR count). The standard InChI is InChI=1S/C24H38N8O10/c1-11(2)7-15(31-22(39)16(8-17(25)35)32(31)23(40)19(26)12(3)34)21(38)29-27-9-18(36)30-6-4-5-14(30)20(37)28-13(10-33)24(41)42/h9,11-16,19,33-34H,4-8,10,26H2,1-3H3,(H2,25,35)(H,28,37)(H,29,38)(H,41,42)/b27-9+/t12-,13-,14-,15-,16-,19-/m0/s1. The minimum absolute atomic E-state index is 0.0298. The van der Waals surface area contributed by atoms with Crippen molar-refractivity contribution < 1.29 is 48.9 Å². The molecule has 2 aliphatic heterocycles. The number of carboxylic acids is 1. The number of hydrazine groups is 1. The van der Waals surface area contributed by atoms with Crippen LogP contribution in [-0.2, 0) is 33.6 Å². The maximum absolute atomic E-state index is 13.2. The number of nitrogens with zero attached hydrogens (tertiary/aromatic N) is 4.